The number of nitrogens with one attached hydrogen (secondary N) is 1. The van der Waals surface area contributed by atoms with Gasteiger partial charge in [-0.05, 0) is 63.4 Å². The Morgan fingerprint density at radius 1 is 1.40 bits per heavy atom. The Labute approximate surface area is 125 Å². The van der Waals surface area contributed by atoms with E-state index in [-0.39, 0.29) is 5.54 Å². The summed E-state index contributed by atoms with van der Waals surface area (Å²) in [4.78, 5) is 3.35. The van der Waals surface area contributed by atoms with E-state index in [0.717, 1.165) is 40.5 Å². The third kappa shape index (κ3) is 2.16. The highest BCUT2D eigenvalue weighted by Crippen LogP contribution is 2.45. The quantitative estimate of drug-likeness (QED) is 0.813. The van der Waals surface area contributed by atoms with Gasteiger partial charge in [-0.1, -0.05) is 13.0 Å². The van der Waals surface area contributed by atoms with Crippen molar-refractivity contribution in [2.24, 2.45) is 5.92 Å². The maximum Gasteiger partial charge on any atom is 0.178 e. The van der Waals surface area contributed by atoms with Gasteiger partial charge in [-0.2, -0.15) is 0 Å². The lowest BCUT2D eigenvalue weighted by atomic mass is 9.98. The molecule has 1 saturated carbocycles. The van der Waals surface area contributed by atoms with Gasteiger partial charge in [-0.15, -0.1) is 0 Å². The first-order chi connectivity index (χ1) is 9.55. The van der Waals surface area contributed by atoms with Gasteiger partial charge in [0.2, 0.25) is 0 Å². The highest BCUT2D eigenvalue weighted by Gasteiger charge is 2.40. The molecule has 4 heteroatoms. The molecule has 0 radical (unpaired) electrons. The lowest BCUT2D eigenvalue weighted by Crippen LogP contribution is -2.28. The molecule has 0 unspecified atom stereocenters. The molecule has 1 aliphatic rings. The molecule has 3 nitrogen and oxygen atoms in total. The van der Waals surface area contributed by atoms with E-state index in [1.54, 1.807) is 0 Å². The molecule has 1 N–H and O–H groups in total. The molecular formula is C16H22N2OS. The largest absolute Gasteiger partial charge is 0.491 e. The van der Waals surface area contributed by atoms with E-state index >= 15 is 0 Å². The number of ether oxygens (including phenoxy) is 1. The van der Waals surface area contributed by atoms with Crippen molar-refractivity contribution in [3.63, 3.8) is 0 Å². The first-order valence-corrected chi connectivity index (χ1v) is 7.83. The fourth-order valence-electron chi connectivity index (χ4n) is 2.98. The minimum atomic E-state index is 0.0682. The molecule has 1 aromatic heterocycles. The number of para-hydroxylation sites is 1. The van der Waals surface area contributed by atoms with Crippen LogP contribution in [0.2, 0.25) is 0 Å². The van der Waals surface area contributed by atoms with Gasteiger partial charge in [0, 0.05) is 5.54 Å². The van der Waals surface area contributed by atoms with Crippen LogP contribution in [0.5, 0.6) is 5.75 Å². The van der Waals surface area contributed by atoms with Gasteiger partial charge in [0.1, 0.15) is 11.3 Å². The third-order valence-electron chi connectivity index (χ3n) is 4.29. The number of aromatic amines is 1. The minimum Gasteiger partial charge on any atom is -0.491 e. The van der Waals surface area contributed by atoms with Crippen LogP contribution < -0.4 is 4.74 Å². The summed E-state index contributed by atoms with van der Waals surface area (Å²) in [6, 6.07) is 6.19. The Kier molecular flexibility index (Phi) is 3.36. The molecule has 20 heavy (non-hydrogen) atoms. The second-order valence-corrected chi connectivity index (χ2v) is 6.58. The maximum atomic E-state index is 5.83. The number of nitrogens with zero attached hydrogens (tertiary/aromatic N) is 1. The van der Waals surface area contributed by atoms with Gasteiger partial charge in [0.25, 0.3) is 0 Å². The van der Waals surface area contributed by atoms with Gasteiger partial charge in [-0.3, -0.25) is 0 Å². The van der Waals surface area contributed by atoms with Crippen molar-refractivity contribution in [2.75, 3.05) is 6.61 Å². The molecule has 0 amide bonds. The number of H-pyrrole nitrogens is 1. The molecule has 1 heterocycles. The second-order valence-electron chi connectivity index (χ2n) is 6.19. The van der Waals surface area contributed by atoms with E-state index in [4.69, 9.17) is 17.0 Å². The van der Waals surface area contributed by atoms with Crippen molar-refractivity contribution >= 4 is 23.3 Å². The number of imidazole rings is 1. The average Bonchev–Trinajstić information content (AvgIpc) is 3.19. The second kappa shape index (κ2) is 4.92. The van der Waals surface area contributed by atoms with Gasteiger partial charge in [-0.25, -0.2) is 0 Å². The predicted molar refractivity (Wildman–Crippen MR) is 85.0 cm³/mol. The first kappa shape index (κ1) is 13.7. The number of fused-ring (bicyclic) bond motifs is 1. The molecule has 0 aliphatic heterocycles. The van der Waals surface area contributed by atoms with Crippen LogP contribution in [0.3, 0.4) is 0 Å². The van der Waals surface area contributed by atoms with Gasteiger partial charge >= 0.3 is 0 Å². The van der Waals surface area contributed by atoms with Gasteiger partial charge in [0.15, 0.2) is 4.77 Å². The highest BCUT2D eigenvalue weighted by atomic mass is 32.1. The summed E-state index contributed by atoms with van der Waals surface area (Å²) in [7, 11) is 0. The Balaban J connectivity index is 2.14. The number of aromatic nitrogens is 2. The molecule has 0 bridgehead atoms. The Morgan fingerprint density at radius 3 is 2.80 bits per heavy atom. The molecule has 1 fully saturated rings. The van der Waals surface area contributed by atoms with Crippen LogP contribution in [0.15, 0.2) is 18.2 Å². The van der Waals surface area contributed by atoms with Crippen molar-refractivity contribution in [2.45, 2.75) is 45.6 Å². The van der Waals surface area contributed by atoms with E-state index in [1.165, 1.54) is 12.8 Å². The molecule has 0 spiro atoms. The van der Waals surface area contributed by atoms with Crippen LogP contribution in [0.4, 0.5) is 0 Å². The summed E-state index contributed by atoms with van der Waals surface area (Å²) in [5, 5.41) is 0. The average molecular weight is 290 g/mol. The van der Waals surface area contributed by atoms with Crippen LogP contribution in [0.25, 0.3) is 11.0 Å². The lowest BCUT2D eigenvalue weighted by molar-refractivity contribution is 0.310. The lowest BCUT2D eigenvalue weighted by Gasteiger charge is -2.27. The zero-order valence-corrected chi connectivity index (χ0v) is 13.2. The van der Waals surface area contributed by atoms with E-state index in [9.17, 15) is 0 Å². The zero-order chi connectivity index (χ0) is 14.3. The normalized spacial score (nSPS) is 15.8. The van der Waals surface area contributed by atoms with E-state index in [0.29, 0.717) is 0 Å². The van der Waals surface area contributed by atoms with E-state index < -0.39 is 0 Å². The Hall–Kier alpha value is -1.29. The summed E-state index contributed by atoms with van der Waals surface area (Å²) in [6.45, 7) is 7.42. The first-order valence-electron chi connectivity index (χ1n) is 7.42. The molecule has 2 aromatic rings. The molecule has 1 aromatic carbocycles. The molecular weight excluding hydrogens is 268 g/mol. The Morgan fingerprint density at radius 2 is 2.15 bits per heavy atom. The fourth-order valence-corrected chi connectivity index (χ4v) is 3.42. The molecule has 3 rings (SSSR count). The van der Waals surface area contributed by atoms with Crippen LogP contribution in [-0.4, -0.2) is 16.2 Å². The molecule has 108 valence electrons. The molecule has 0 saturated heterocycles. The van der Waals surface area contributed by atoms with Crippen LogP contribution in [-0.2, 0) is 5.54 Å². The van der Waals surface area contributed by atoms with Gasteiger partial charge < -0.3 is 14.3 Å². The summed E-state index contributed by atoms with van der Waals surface area (Å²) >= 11 is 5.57. The number of rotatable bonds is 5. The van der Waals surface area contributed by atoms with Crippen molar-refractivity contribution < 1.29 is 4.74 Å². The van der Waals surface area contributed by atoms with Crippen molar-refractivity contribution in [3.8, 4) is 5.75 Å². The standard InChI is InChI=1S/C16H22N2OS/c1-4-10-19-13-7-5-6-12-14(13)17-15(20)18(12)16(2,3)11-8-9-11/h5-7,11H,4,8-10H2,1-3H3,(H,17,20). The minimum absolute atomic E-state index is 0.0682. The summed E-state index contributed by atoms with van der Waals surface area (Å²) in [5.41, 5.74) is 2.25. The zero-order valence-electron chi connectivity index (χ0n) is 12.4. The molecule has 0 atom stereocenters. The van der Waals surface area contributed by atoms with Crippen molar-refractivity contribution in [1.82, 2.24) is 9.55 Å². The van der Waals surface area contributed by atoms with Crippen LogP contribution >= 0.6 is 12.2 Å². The van der Waals surface area contributed by atoms with Crippen LogP contribution in [0.1, 0.15) is 40.0 Å². The monoisotopic (exact) mass is 290 g/mol. The smallest absolute Gasteiger partial charge is 0.178 e. The molecule has 1 aliphatic carbocycles. The summed E-state index contributed by atoms with van der Waals surface area (Å²) < 4.78 is 8.90. The fraction of sp³-hybridized carbons (Fsp3) is 0.562. The number of hydrogen-bond acceptors (Lipinski definition) is 2. The van der Waals surface area contributed by atoms with Crippen molar-refractivity contribution in [1.29, 1.82) is 0 Å². The topological polar surface area (TPSA) is 29.9 Å². The highest BCUT2D eigenvalue weighted by molar-refractivity contribution is 7.71. The van der Waals surface area contributed by atoms with Crippen LogP contribution in [0, 0.1) is 10.7 Å². The van der Waals surface area contributed by atoms with E-state index in [2.05, 4.69) is 42.5 Å². The maximum absolute atomic E-state index is 5.83. The number of benzene rings is 1. The van der Waals surface area contributed by atoms with Gasteiger partial charge in [0.05, 0.1) is 12.1 Å². The van der Waals surface area contributed by atoms with E-state index in [1.807, 2.05) is 6.07 Å². The SMILES string of the molecule is CCCOc1cccc2c1[nH]c(=S)n2C(C)(C)C1CC1. The number of hydrogen-bond donors (Lipinski definition) is 1. The Bertz CT molecular complexity index is 679. The summed E-state index contributed by atoms with van der Waals surface area (Å²) in [6.07, 6.45) is 3.60. The summed E-state index contributed by atoms with van der Waals surface area (Å²) in [5.74, 6) is 1.63. The third-order valence-corrected chi connectivity index (χ3v) is 4.58. The predicted octanol–water partition coefficient (Wildman–Crippen LogP) is 4.63. The van der Waals surface area contributed by atoms with Crippen molar-refractivity contribution in [3.05, 3.63) is 23.0 Å².